The normalized spacial score (nSPS) is 18.4. The molecule has 0 radical (unpaired) electrons. The summed E-state index contributed by atoms with van der Waals surface area (Å²) in [6.07, 6.45) is 2.94. The van der Waals surface area contributed by atoms with E-state index in [0.717, 1.165) is 17.7 Å². The minimum absolute atomic E-state index is 0.151. The second kappa shape index (κ2) is 7.06. The van der Waals surface area contributed by atoms with Crippen LogP contribution < -0.4 is 10.3 Å². The molecule has 1 unspecified atom stereocenters. The Hall–Kier alpha value is -2.82. The number of carboxylic acid groups (broad SMARTS) is 1. The fraction of sp³-hybridized carbons (Fsp3) is 0.364. The molecule has 1 aliphatic rings. The molecule has 3 rings (SSSR count). The van der Waals surface area contributed by atoms with Gasteiger partial charge in [-0.15, -0.1) is 0 Å². The van der Waals surface area contributed by atoms with Crippen molar-refractivity contribution in [2.24, 2.45) is 5.10 Å². The van der Waals surface area contributed by atoms with Crippen LogP contribution in [-0.2, 0) is 0 Å². The molecule has 2 N–H and O–H groups in total. The molecular weight excluding hydrogens is 338 g/mol. The maximum absolute atomic E-state index is 10.9. The van der Waals surface area contributed by atoms with Gasteiger partial charge in [0.2, 0.25) is 0 Å². The van der Waals surface area contributed by atoms with Crippen molar-refractivity contribution in [3.63, 3.8) is 0 Å². The number of nitrogens with zero attached hydrogens (tertiary/aromatic N) is 2. The van der Waals surface area contributed by atoms with Crippen LogP contribution in [0.5, 0.6) is 0 Å². The average Bonchev–Trinajstić information content (AvgIpc) is 2.61. The van der Waals surface area contributed by atoms with Gasteiger partial charge in [-0.25, -0.2) is 4.79 Å². The van der Waals surface area contributed by atoms with E-state index >= 15 is 0 Å². The van der Waals surface area contributed by atoms with Crippen LogP contribution in [0.4, 0.5) is 11.4 Å². The Morgan fingerprint density at radius 3 is 2.59 bits per heavy atom. The van der Waals surface area contributed by atoms with Gasteiger partial charge in [0.15, 0.2) is 0 Å². The number of hydrazone groups is 1. The number of anilines is 2. The highest BCUT2D eigenvalue weighted by atomic mass is 16.4. The minimum atomic E-state index is -0.933. The molecule has 0 saturated carbocycles. The smallest absolute Gasteiger partial charge is 0.335 e. The molecule has 5 heteroatoms. The Labute approximate surface area is 160 Å². The van der Waals surface area contributed by atoms with E-state index in [4.69, 9.17) is 5.11 Å². The number of aryl methyl sites for hydroxylation is 1. The summed E-state index contributed by atoms with van der Waals surface area (Å²) in [6.45, 7) is 8.96. The molecule has 0 amide bonds. The van der Waals surface area contributed by atoms with E-state index in [1.807, 2.05) is 6.21 Å². The predicted molar refractivity (Wildman–Crippen MR) is 111 cm³/mol. The molecule has 1 aliphatic heterocycles. The van der Waals surface area contributed by atoms with Crippen LogP contribution in [-0.4, -0.2) is 29.9 Å². The fourth-order valence-electron chi connectivity index (χ4n) is 3.74. The third kappa shape index (κ3) is 3.82. The molecule has 0 aliphatic carbocycles. The lowest BCUT2D eigenvalue weighted by atomic mass is 9.79. The second-order valence-corrected chi connectivity index (χ2v) is 8.00. The van der Waals surface area contributed by atoms with Gasteiger partial charge < -0.3 is 10.0 Å². The number of carboxylic acids is 1. The third-order valence-corrected chi connectivity index (χ3v) is 5.55. The van der Waals surface area contributed by atoms with E-state index in [-0.39, 0.29) is 11.1 Å². The zero-order valence-corrected chi connectivity index (χ0v) is 16.6. The number of nitrogens with one attached hydrogen (secondary N) is 1. The molecule has 142 valence electrons. The largest absolute Gasteiger partial charge is 0.478 e. The summed E-state index contributed by atoms with van der Waals surface area (Å²) in [5.74, 6) is -0.438. The second-order valence-electron chi connectivity index (χ2n) is 8.00. The molecule has 0 aromatic heterocycles. The molecule has 1 heterocycles. The van der Waals surface area contributed by atoms with Crippen molar-refractivity contribution >= 4 is 23.6 Å². The lowest BCUT2D eigenvalue weighted by Gasteiger charge is -2.45. The van der Waals surface area contributed by atoms with Gasteiger partial charge in [-0.2, -0.15) is 5.10 Å². The summed E-state index contributed by atoms with van der Waals surface area (Å²) in [5, 5.41) is 13.3. The average molecular weight is 365 g/mol. The van der Waals surface area contributed by atoms with Gasteiger partial charge in [-0.05, 0) is 86.2 Å². The Kier molecular flexibility index (Phi) is 4.96. The van der Waals surface area contributed by atoms with Crippen LogP contribution >= 0.6 is 0 Å². The summed E-state index contributed by atoms with van der Waals surface area (Å²) in [7, 11) is 2.17. The van der Waals surface area contributed by atoms with E-state index < -0.39 is 5.97 Å². The zero-order chi connectivity index (χ0) is 19.8. The summed E-state index contributed by atoms with van der Waals surface area (Å²) in [4.78, 5) is 13.3. The van der Waals surface area contributed by atoms with Crippen molar-refractivity contribution in [3.8, 4) is 0 Å². The zero-order valence-electron chi connectivity index (χ0n) is 16.6. The lowest BCUT2D eigenvalue weighted by Crippen LogP contribution is -2.45. The Balaban J connectivity index is 1.81. The van der Waals surface area contributed by atoms with Crippen molar-refractivity contribution in [2.45, 2.75) is 45.6 Å². The first-order chi connectivity index (χ1) is 12.7. The highest BCUT2D eigenvalue weighted by Gasteiger charge is 2.34. The van der Waals surface area contributed by atoms with Crippen molar-refractivity contribution < 1.29 is 9.90 Å². The summed E-state index contributed by atoms with van der Waals surface area (Å²) in [6, 6.07) is 11.0. The van der Waals surface area contributed by atoms with E-state index in [1.54, 1.807) is 24.3 Å². The predicted octanol–water partition coefficient (Wildman–Crippen LogP) is 4.86. The molecule has 0 fully saturated rings. The van der Waals surface area contributed by atoms with Gasteiger partial charge in [0, 0.05) is 18.3 Å². The topological polar surface area (TPSA) is 64.9 Å². The van der Waals surface area contributed by atoms with Crippen molar-refractivity contribution in [1.82, 2.24) is 0 Å². The Bertz CT molecular complexity index is 885. The maximum atomic E-state index is 10.9. The van der Waals surface area contributed by atoms with E-state index in [2.05, 4.69) is 62.3 Å². The van der Waals surface area contributed by atoms with Crippen LogP contribution in [0.2, 0.25) is 0 Å². The van der Waals surface area contributed by atoms with E-state index in [1.165, 1.54) is 16.8 Å². The molecule has 2 aromatic rings. The number of fused-ring (bicyclic) bond motifs is 1. The van der Waals surface area contributed by atoms with Crippen LogP contribution in [0.1, 0.15) is 60.2 Å². The Morgan fingerprint density at radius 1 is 1.30 bits per heavy atom. The monoisotopic (exact) mass is 365 g/mol. The van der Waals surface area contributed by atoms with E-state index in [9.17, 15) is 4.79 Å². The quantitative estimate of drug-likeness (QED) is 0.600. The number of rotatable bonds is 4. The first kappa shape index (κ1) is 19.0. The lowest BCUT2D eigenvalue weighted by molar-refractivity contribution is 0.0697. The fourth-order valence-corrected chi connectivity index (χ4v) is 3.74. The molecule has 27 heavy (non-hydrogen) atoms. The van der Waals surface area contributed by atoms with E-state index in [0.29, 0.717) is 5.92 Å². The van der Waals surface area contributed by atoms with Gasteiger partial charge in [-0.1, -0.05) is 6.92 Å². The van der Waals surface area contributed by atoms with Gasteiger partial charge in [-0.3, -0.25) is 5.43 Å². The molecule has 5 nitrogen and oxygen atoms in total. The van der Waals surface area contributed by atoms with Gasteiger partial charge in [0.1, 0.15) is 0 Å². The van der Waals surface area contributed by atoms with Gasteiger partial charge in [0.05, 0.1) is 17.5 Å². The van der Waals surface area contributed by atoms with Crippen LogP contribution in [0, 0.1) is 6.92 Å². The first-order valence-electron chi connectivity index (χ1n) is 9.20. The summed E-state index contributed by atoms with van der Waals surface area (Å²) >= 11 is 0. The highest BCUT2D eigenvalue weighted by Crippen LogP contribution is 2.43. The van der Waals surface area contributed by atoms with Crippen LogP contribution in [0.15, 0.2) is 41.5 Å². The number of carbonyl (C=O) groups is 1. The Morgan fingerprint density at radius 2 is 1.96 bits per heavy atom. The number of hydrogen-bond acceptors (Lipinski definition) is 4. The molecular formula is C22H27N3O2. The number of aromatic carboxylic acids is 1. The molecule has 1 atom stereocenters. The molecule has 0 bridgehead atoms. The summed E-state index contributed by atoms with van der Waals surface area (Å²) < 4.78 is 0. The van der Waals surface area contributed by atoms with Crippen LogP contribution in [0.25, 0.3) is 0 Å². The van der Waals surface area contributed by atoms with Gasteiger partial charge in [0.25, 0.3) is 0 Å². The van der Waals surface area contributed by atoms with Crippen molar-refractivity contribution in [2.75, 3.05) is 17.4 Å². The number of hydrogen-bond donors (Lipinski definition) is 2. The SMILES string of the molecule is Cc1cc2c(cc1C=NNc1ccc(C(=O)O)cc1)C(C)CC(C)(C)N2C. The maximum Gasteiger partial charge on any atom is 0.335 e. The van der Waals surface area contributed by atoms with Gasteiger partial charge >= 0.3 is 5.97 Å². The molecule has 2 aromatic carbocycles. The molecule has 0 saturated heterocycles. The highest BCUT2D eigenvalue weighted by molar-refractivity contribution is 5.88. The standard InChI is InChI=1S/C22H27N3O2/c1-14-10-20-19(15(2)12-22(3,4)25(20)5)11-17(14)13-23-24-18-8-6-16(7-9-18)21(26)27/h6-11,13,15,24H,12H2,1-5H3,(H,26,27). The van der Waals surface area contributed by atoms with Crippen molar-refractivity contribution in [1.29, 1.82) is 0 Å². The molecule has 0 spiro atoms. The third-order valence-electron chi connectivity index (χ3n) is 5.55. The minimum Gasteiger partial charge on any atom is -0.478 e. The number of benzene rings is 2. The van der Waals surface area contributed by atoms with Crippen molar-refractivity contribution in [3.05, 3.63) is 58.7 Å². The summed E-state index contributed by atoms with van der Waals surface area (Å²) in [5.41, 5.74) is 9.05. The van der Waals surface area contributed by atoms with Crippen LogP contribution in [0.3, 0.4) is 0 Å². The first-order valence-corrected chi connectivity index (χ1v) is 9.20.